The van der Waals surface area contributed by atoms with Crippen LogP contribution in [0.15, 0.2) is 33.9 Å². The van der Waals surface area contributed by atoms with Gasteiger partial charge in [0.05, 0.1) is 24.6 Å². The highest BCUT2D eigenvalue weighted by Gasteiger charge is 2.50. The summed E-state index contributed by atoms with van der Waals surface area (Å²) < 4.78 is 8.39. The predicted octanol–water partition coefficient (Wildman–Crippen LogP) is 17.3. The van der Waals surface area contributed by atoms with Gasteiger partial charge in [0.1, 0.15) is 5.75 Å². The molecule has 0 aliphatic rings. The van der Waals surface area contributed by atoms with E-state index in [-0.39, 0.29) is 11.0 Å². The lowest BCUT2D eigenvalue weighted by Crippen LogP contribution is -2.22. The summed E-state index contributed by atoms with van der Waals surface area (Å²) in [6, 6.07) is 8.33. The first kappa shape index (κ1) is 27.7. The van der Waals surface area contributed by atoms with Crippen LogP contribution in [0.3, 0.4) is 0 Å². The van der Waals surface area contributed by atoms with E-state index in [1.165, 1.54) is 253 Å². The summed E-state index contributed by atoms with van der Waals surface area (Å²) in [5.74, 6) is 0.789. The molecule has 0 saturated heterocycles. The number of hydrogen-bond acceptors (Lipinski definition) is 3. The van der Waals surface area contributed by atoms with Gasteiger partial charge in [-0.15, -0.1) is 0 Å². The molecule has 4 nitrogen and oxygen atoms in total. The molecular weight excluding hydrogens is 879 g/mol. The average Bonchev–Trinajstić information content (AvgIpc) is 4.36. The average molecular weight is 888 g/mol. The summed E-state index contributed by atoms with van der Waals surface area (Å²) >= 11 is 0. The highest BCUT2D eigenvalue weighted by molar-refractivity contribution is 6.83. The molecule has 0 N–H and O–H groups in total. The molecule has 1 aromatic heterocycles. The molecule has 30 aromatic carbocycles. The first-order chi connectivity index (χ1) is 35.7. The van der Waals surface area contributed by atoms with Crippen LogP contribution in [0.25, 0.3) is 313 Å². The van der Waals surface area contributed by atoms with Gasteiger partial charge < -0.3 is 9.30 Å². The molecule has 0 radical (unpaired) electrons. The SMILES string of the molecule is COc1ccccc1Cn1c(=O)c2c3c4c5c(=O)c6c7c5c5c8c4c4c3c3c9c2c2c%10c%11c9c9c3c3c4c4c8c8c5c5c7c7c%12c6c(c6c%12c%12c%13c7c5c5c8c7c4c3c3c9c4c8c3c7c5c%13c8c%12c(c4%11)c6%10)c21. The minimum atomic E-state index is 0.0633. The van der Waals surface area contributed by atoms with Crippen LogP contribution in [0.2, 0.25) is 0 Å². The largest absolute Gasteiger partial charge is 0.496 e. The van der Waals surface area contributed by atoms with Crippen molar-refractivity contribution in [1.82, 2.24) is 4.57 Å². The Morgan fingerprint density at radius 1 is 0.278 bits per heavy atom. The third-order valence-corrected chi connectivity index (χ3v) is 23.9. The third-order valence-electron chi connectivity index (χ3n) is 23.9. The van der Waals surface area contributed by atoms with Crippen molar-refractivity contribution in [1.29, 1.82) is 0 Å². The first-order valence-corrected chi connectivity index (χ1v) is 26.0. The maximum absolute atomic E-state index is 17.3. The Bertz CT molecular complexity index is 7970. The van der Waals surface area contributed by atoms with E-state index in [2.05, 4.69) is 16.7 Å². The monoisotopic (exact) mass is 887 g/mol. The number of aromatic nitrogens is 1. The zero-order chi connectivity index (χ0) is 43.6. The van der Waals surface area contributed by atoms with Crippen LogP contribution in [-0.4, -0.2) is 11.7 Å². The molecule has 0 fully saturated rings. The number of nitrogens with zero attached hydrogens (tertiary/aromatic N) is 1. The molecule has 0 spiro atoms. The van der Waals surface area contributed by atoms with Crippen LogP contribution in [0.4, 0.5) is 0 Å². The van der Waals surface area contributed by atoms with Crippen LogP contribution >= 0.6 is 0 Å². The third kappa shape index (κ3) is 1.59. The quantitative estimate of drug-likeness (QED) is 0.131. The van der Waals surface area contributed by atoms with Crippen LogP contribution in [0, 0.1) is 0 Å². The van der Waals surface area contributed by atoms with Gasteiger partial charge in [-0.1, -0.05) is 18.2 Å². The lowest BCUT2D eigenvalue weighted by molar-refractivity contribution is 0.408. The van der Waals surface area contributed by atoms with Gasteiger partial charge in [0.2, 0.25) is 0 Å². The van der Waals surface area contributed by atoms with Gasteiger partial charge in [0, 0.05) is 307 Å². The predicted molar refractivity (Wildman–Crippen MR) is 304 cm³/mol. The molecule has 72 heavy (non-hydrogen) atoms. The van der Waals surface area contributed by atoms with Crippen LogP contribution < -0.4 is 15.7 Å². The van der Waals surface area contributed by atoms with Crippen LogP contribution in [0.1, 0.15) is 5.56 Å². The van der Waals surface area contributed by atoms with Crippen molar-refractivity contribution in [2.75, 3.05) is 7.11 Å². The maximum Gasteiger partial charge on any atom is 0.259 e. The zero-order valence-electron chi connectivity index (χ0n) is 36.7. The van der Waals surface area contributed by atoms with Gasteiger partial charge in [0.15, 0.2) is 5.43 Å². The molecule has 0 aliphatic carbocycles. The molecule has 0 amide bonds. The summed E-state index contributed by atoms with van der Waals surface area (Å²) in [5.41, 5.74) is 2.26. The van der Waals surface area contributed by atoms with E-state index in [1.54, 1.807) is 17.9 Å². The molecule has 0 bridgehead atoms. The highest BCUT2D eigenvalue weighted by atomic mass is 16.5. The molecule has 0 unspecified atom stereocenters. The van der Waals surface area contributed by atoms with Crippen molar-refractivity contribution in [2.24, 2.45) is 0 Å². The van der Waals surface area contributed by atoms with Crippen molar-refractivity contribution in [3.05, 3.63) is 50.4 Å². The van der Waals surface area contributed by atoms with Gasteiger partial charge in [-0.05, 0) is 6.07 Å². The number of pyridine rings is 1. The number of benzene rings is 19. The molecule has 0 saturated carbocycles. The highest BCUT2D eigenvalue weighted by Crippen LogP contribution is 2.78. The minimum Gasteiger partial charge on any atom is -0.496 e. The second-order valence-electron chi connectivity index (χ2n) is 24.8. The second-order valence-corrected chi connectivity index (χ2v) is 24.8. The Morgan fingerprint density at radius 3 is 0.764 bits per heavy atom. The van der Waals surface area contributed by atoms with Crippen molar-refractivity contribution in [3.63, 3.8) is 0 Å². The lowest BCUT2D eigenvalue weighted by atomic mass is 9.85. The number of hydrogen-bond donors (Lipinski definition) is 0. The fourth-order valence-corrected chi connectivity index (χ4v) is 23.2. The van der Waals surface area contributed by atoms with E-state index < -0.39 is 0 Å². The molecule has 0 aliphatic heterocycles. The maximum atomic E-state index is 17.3. The number of rotatable bonds is 3. The summed E-state index contributed by atoms with van der Waals surface area (Å²) in [6.45, 7) is 0.362. The summed E-state index contributed by atoms with van der Waals surface area (Å²) in [5, 5.41) is 78.0. The van der Waals surface area contributed by atoms with Gasteiger partial charge >= 0.3 is 0 Å². The lowest BCUT2D eigenvalue weighted by Gasteiger charge is -2.22. The Balaban J connectivity index is 1.21. The minimum absolute atomic E-state index is 0.0633. The van der Waals surface area contributed by atoms with Crippen molar-refractivity contribution >= 4 is 313 Å². The molecular formula is C68H9NO3. The number of para-hydroxylation sites is 1. The van der Waals surface area contributed by atoms with Gasteiger partial charge in [-0.3, -0.25) is 9.59 Å². The van der Waals surface area contributed by atoms with E-state index in [9.17, 15) is 0 Å². The Hall–Kier alpha value is -9.38. The van der Waals surface area contributed by atoms with Crippen molar-refractivity contribution in [2.45, 2.75) is 6.54 Å². The Morgan fingerprint density at radius 2 is 0.486 bits per heavy atom. The molecule has 31 rings (SSSR count). The van der Waals surface area contributed by atoms with E-state index in [1.807, 2.05) is 12.1 Å². The van der Waals surface area contributed by atoms with E-state index in [0.29, 0.717) is 6.54 Å². The number of fused-ring (bicyclic) bond motifs is 6. The number of ether oxygens (including phenoxy) is 1. The Labute approximate surface area is 389 Å². The zero-order valence-corrected chi connectivity index (χ0v) is 36.7. The Kier molecular flexibility index (Phi) is 2.53. The van der Waals surface area contributed by atoms with Gasteiger partial charge in [0.25, 0.3) is 5.56 Å². The smallest absolute Gasteiger partial charge is 0.259 e. The normalized spacial score (nSPS) is 16.6. The molecule has 1 heterocycles. The summed E-state index contributed by atoms with van der Waals surface area (Å²) in [6.07, 6.45) is 0. The first-order valence-electron chi connectivity index (χ1n) is 26.0. The molecule has 31 aromatic rings. The fourth-order valence-electron chi connectivity index (χ4n) is 23.2. The summed E-state index contributed by atoms with van der Waals surface area (Å²) in [7, 11) is 1.76. The summed E-state index contributed by atoms with van der Waals surface area (Å²) in [4.78, 5) is 34.4. The van der Waals surface area contributed by atoms with Crippen molar-refractivity contribution < 1.29 is 4.74 Å². The number of methoxy groups -OCH3 is 1. The molecule has 0 atom stereocenters. The fraction of sp³-hybridized carbons (Fsp3) is 0.0294. The standard InChI is InChI=1S/C68H9NO3/c1-72-8-5-3-2-4-7(8)6-69-66-61-53-45-34-25-17-15-9-10-12-14-13-11(9)18-19(15)27-31(25)42-47-37(27)36-26(18)29-22(13)30-23(14)32-28-21(12)24-16(10)20(17)33(34)38-35(24)44-39(28)51-43(32)49-41(30)48-40(29)46(36)55-56(47)64(59(61)50(42)45)67(70)63(55)57(48)58(49)65(68(69)71)60(51)62(66)54(44)52(38)53/h2-5H,6H2,1H3. The molecule has 4 heteroatoms. The van der Waals surface area contributed by atoms with Crippen molar-refractivity contribution in [3.8, 4) is 5.75 Å². The topological polar surface area (TPSA) is 48.3 Å². The van der Waals surface area contributed by atoms with E-state index in [4.69, 9.17) is 4.74 Å². The van der Waals surface area contributed by atoms with Gasteiger partial charge in [-0.25, -0.2) is 0 Å². The second kappa shape index (κ2) is 6.57. The van der Waals surface area contributed by atoms with Crippen LogP contribution in [-0.2, 0) is 6.54 Å². The van der Waals surface area contributed by atoms with Crippen LogP contribution in [0.5, 0.6) is 5.75 Å². The van der Waals surface area contributed by atoms with E-state index >= 15 is 9.59 Å². The van der Waals surface area contributed by atoms with Gasteiger partial charge in [-0.2, -0.15) is 0 Å². The van der Waals surface area contributed by atoms with E-state index in [0.717, 1.165) is 59.9 Å². The molecule has 304 valence electrons.